The van der Waals surface area contributed by atoms with Gasteiger partial charge in [-0.05, 0) is 42.9 Å². The summed E-state index contributed by atoms with van der Waals surface area (Å²) in [5.41, 5.74) is 2.99. The van der Waals surface area contributed by atoms with Crippen molar-refractivity contribution < 1.29 is 14.4 Å². The van der Waals surface area contributed by atoms with Crippen LogP contribution in [0.5, 0.6) is 0 Å². The Hall–Kier alpha value is -3.61. The fraction of sp³-hybridized carbons (Fsp3) is 0.346. The SMILES string of the molecule is CC(C1CC1)N(Cc1ccccc1)C(=O)CN1C(=O)N[C@H](Cc2c[nH]c3ccccc23)C1=O. The van der Waals surface area contributed by atoms with Crippen LogP contribution in [-0.2, 0) is 22.6 Å². The summed E-state index contributed by atoms with van der Waals surface area (Å²) in [6.45, 7) is 2.29. The van der Waals surface area contributed by atoms with Gasteiger partial charge in [-0.2, -0.15) is 0 Å². The van der Waals surface area contributed by atoms with E-state index in [2.05, 4.69) is 17.2 Å². The molecule has 4 amide bonds. The number of nitrogens with one attached hydrogen (secondary N) is 2. The molecule has 1 unspecified atom stereocenters. The Bertz CT molecular complexity index is 1180. The number of benzene rings is 2. The number of nitrogens with zero attached hydrogens (tertiary/aromatic N) is 2. The summed E-state index contributed by atoms with van der Waals surface area (Å²) in [6, 6.07) is 16.6. The Morgan fingerprint density at radius 2 is 1.82 bits per heavy atom. The number of carbonyl (C=O) groups is 3. The van der Waals surface area contributed by atoms with Crippen molar-refractivity contribution in [1.82, 2.24) is 20.1 Å². The van der Waals surface area contributed by atoms with Crippen molar-refractivity contribution in [3.05, 3.63) is 71.9 Å². The van der Waals surface area contributed by atoms with E-state index in [1.54, 1.807) is 0 Å². The Morgan fingerprint density at radius 3 is 2.58 bits per heavy atom. The monoisotopic (exact) mass is 444 g/mol. The van der Waals surface area contributed by atoms with Crippen molar-refractivity contribution in [1.29, 1.82) is 0 Å². The van der Waals surface area contributed by atoms with Gasteiger partial charge in [-0.3, -0.25) is 14.5 Å². The molecule has 1 saturated carbocycles. The summed E-state index contributed by atoms with van der Waals surface area (Å²) in [6.07, 6.45) is 4.47. The van der Waals surface area contributed by atoms with Gasteiger partial charge in [0, 0.05) is 36.1 Å². The second-order valence-electron chi connectivity index (χ2n) is 9.08. The van der Waals surface area contributed by atoms with E-state index in [1.807, 2.05) is 65.7 Å². The van der Waals surface area contributed by atoms with Gasteiger partial charge in [-0.25, -0.2) is 4.79 Å². The van der Waals surface area contributed by atoms with Crippen LogP contribution in [0.15, 0.2) is 60.8 Å². The van der Waals surface area contributed by atoms with Crippen molar-refractivity contribution in [2.24, 2.45) is 5.92 Å². The molecule has 33 heavy (non-hydrogen) atoms. The standard InChI is InChI=1S/C26H28N4O3/c1-17(19-11-12-19)29(15-18-7-3-2-4-8-18)24(31)16-30-25(32)23(28-26(30)33)13-20-14-27-22-10-6-5-9-21(20)22/h2-10,14,17,19,23,27H,11-13,15-16H2,1H3,(H,28,33)/t17?,23-/m1/s1. The largest absolute Gasteiger partial charge is 0.361 e. The van der Waals surface area contributed by atoms with Crippen molar-refractivity contribution in [2.45, 2.75) is 44.8 Å². The Labute approximate surface area is 192 Å². The molecule has 1 aliphatic heterocycles. The molecular formula is C26H28N4O3. The van der Waals surface area contributed by atoms with Crippen LogP contribution < -0.4 is 5.32 Å². The van der Waals surface area contributed by atoms with Crippen molar-refractivity contribution in [3.63, 3.8) is 0 Å². The summed E-state index contributed by atoms with van der Waals surface area (Å²) in [4.78, 5) is 45.1. The molecule has 2 heterocycles. The lowest BCUT2D eigenvalue weighted by molar-refractivity contribution is -0.139. The van der Waals surface area contributed by atoms with E-state index in [9.17, 15) is 14.4 Å². The van der Waals surface area contributed by atoms with Gasteiger partial charge in [0.15, 0.2) is 0 Å². The number of aromatic amines is 1. The minimum Gasteiger partial charge on any atom is -0.361 e. The number of fused-ring (bicyclic) bond motifs is 1. The molecule has 2 aliphatic rings. The van der Waals surface area contributed by atoms with Gasteiger partial charge in [0.05, 0.1) is 0 Å². The van der Waals surface area contributed by atoms with Crippen molar-refractivity contribution in [3.8, 4) is 0 Å². The molecular weight excluding hydrogens is 416 g/mol. The van der Waals surface area contributed by atoms with Gasteiger partial charge in [0.1, 0.15) is 12.6 Å². The summed E-state index contributed by atoms with van der Waals surface area (Å²) >= 11 is 0. The number of amides is 4. The average molecular weight is 445 g/mol. The second kappa shape index (κ2) is 8.73. The van der Waals surface area contributed by atoms with Crippen molar-refractivity contribution >= 4 is 28.7 Å². The van der Waals surface area contributed by atoms with Crippen LogP contribution >= 0.6 is 0 Å². The Balaban J connectivity index is 1.29. The molecule has 170 valence electrons. The van der Waals surface area contributed by atoms with Crippen LogP contribution in [0, 0.1) is 5.92 Å². The number of aromatic nitrogens is 1. The lowest BCUT2D eigenvalue weighted by atomic mass is 10.1. The van der Waals surface area contributed by atoms with Crippen LogP contribution in [0.3, 0.4) is 0 Å². The summed E-state index contributed by atoms with van der Waals surface area (Å²) in [5, 5.41) is 3.80. The third-order valence-corrected chi connectivity index (χ3v) is 6.81. The smallest absolute Gasteiger partial charge is 0.325 e. The van der Waals surface area contributed by atoms with Gasteiger partial charge < -0.3 is 15.2 Å². The topological polar surface area (TPSA) is 85.5 Å². The predicted octanol–water partition coefficient (Wildman–Crippen LogP) is 3.46. The molecule has 2 atom stereocenters. The van der Waals surface area contributed by atoms with Gasteiger partial charge in [0.25, 0.3) is 5.91 Å². The molecule has 1 aromatic heterocycles. The van der Waals surface area contributed by atoms with E-state index >= 15 is 0 Å². The van der Waals surface area contributed by atoms with E-state index in [0.29, 0.717) is 18.9 Å². The first-order valence-electron chi connectivity index (χ1n) is 11.5. The minimum atomic E-state index is -0.673. The highest BCUT2D eigenvalue weighted by atomic mass is 16.2. The predicted molar refractivity (Wildman–Crippen MR) is 125 cm³/mol. The molecule has 0 spiro atoms. The summed E-state index contributed by atoms with van der Waals surface area (Å²) in [5.74, 6) is -0.0674. The third-order valence-electron chi connectivity index (χ3n) is 6.81. The number of hydrogen-bond donors (Lipinski definition) is 2. The number of imide groups is 1. The number of rotatable bonds is 8. The van der Waals surface area contributed by atoms with Crippen molar-refractivity contribution in [2.75, 3.05) is 6.54 Å². The maximum atomic E-state index is 13.3. The highest BCUT2D eigenvalue weighted by Gasteiger charge is 2.41. The van der Waals surface area contributed by atoms with E-state index in [4.69, 9.17) is 0 Å². The molecule has 2 aromatic carbocycles. The quantitative estimate of drug-likeness (QED) is 0.522. The molecule has 3 aromatic rings. The maximum absolute atomic E-state index is 13.3. The van der Waals surface area contributed by atoms with E-state index in [-0.39, 0.29) is 24.4 Å². The molecule has 7 nitrogen and oxygen atoms in total. The highest BCUT2D eigenvalue weighted by molar-refractivity contribution is 6.06. The number of carbonyl (C=O) groups excluding carboxylic acids is 3. The molecule has 1 aliphatic carbocycles. The highest BCUT2D eigenvalue weighted by Crippen LogP contribution is 2.36. The van der Waals surface area contributed by atoms with Gasteiger partial charge >= 0.3 is 6.03 Å². The van der Waals surface area contributed by atoms with Crippen LogP contribution in [0.25, 0.3) is 10.9 Å². The number of para-hydroxylation sites is 1. The second-order valence-corrected chi connectivity index (χ2v) is 9.08. The minimum absolute atomic E-state index is 0.0699. The zero-order valence-electron chi connectivity index (χ0n) is 18.7. The molecule has 2 N–H and O–H groups in total. The Morgan fingerprint density at radius 1 is 1.09 bits per heavy atom. The molecule has 0 bridgehead atoms. The fourth-order valence-electron chi connectivity index (χ4n) is 4.68. The number of H-pyrrole nitrogens is 1. The normalized spacial score (nSPS) is 19.1. The van der Waals surface area contributed by atoms with E-state index < -0.39 is 12.1 Å². The average Bonchev–Trinajstić information content (AvgIpc) is 3.56. The molecule has 2 fully saturated rings. The number of urea groups is 1. The van der Waals surface area contributed by atoms with Crippen LogP contribution in [0.2, 0.25) is 0 Å². The fourth-order valence-corrected chi connectivity index (χ4v) is 4.68. The third kappa shape index (κ3) is 4.35. The molecule has 1 saturated heterocycles. The summed E-state index contributed by atoms with van der Waals surface area (Å²) < 4.78 is 0. The van der Waals surface area contributed by atoms with Gasteiger partial charge in [-0.15, -0.1) is 0 Å². The van der Waals surface area contributed by atoms with E-state index in [0.717, 1.165) is 39.8 Å². The van der Waals surface area contributed by atoms with Gasteiger partial charge in [-0.1, -0.05) is 48.5 Å². The Kier molecular flexibility index (Phi) is 5.62. The zero-order chi connectivity index (χ0) is 22.9. The zero-order valence-corrected chi connectivity index (χ0v) is 18.7. The van der Waals surface area contributed by atoms with Gasteiger partial charge in [0.2, 0.25) is 5.91 Å². The molecule has 5 rings (SSSR count). The first-order valence-corrected chi connectivity index (χ1v) is 11.5. The molecule has 0 radical (unpaired) electrons. The molecule has 7 heteroatoms. The maximum Gasteiger partial charge on any atom is 0.325 e. The van der Waals surface area contributed by atoms with Crippen LogP contribution in [0.4, 0.5) is 4.79 Å². The number of hydrogen-bond acceptors (Lipinski definition) is 3. The van der Waals surface area contributed by atoms with E-state index in [1.165, 1.54) is 0 Å². The van der Waals surface area contributed by atoms with Crippen LogP contribution in [0.1, 0.15) is 30.9 Å². The first-order chi connectivity index (χ1) is 16.0. The van der Waals surface area contributed by atoms with Crippen LogP contribution in [-0.4, -0.2) is 51.3 Å². The lowest BCUT2D eigenvalue weighted by Gasteiger charge is -2.30. The summed E-state index contributed by atoms with van der Waals surface area (Å²) in [7, 11) is 0. The lowest BCUT2D eigenvalue weighted by Crippen LogP contribution is -2.47. The first kappa shape index (κ1) is 21.2.